The number of carbonyl (C=O) groups is 1. The number of nitrogens with one attached hydrogen (secondary N) is 1. The van der Waals surface area contributed by atoms with Gasteiger partial charge in [-0.2, -0.15) is 13.2 Å². The minimum Gasteiger partial charge on any atom is -0.352 e. The molecule has 0 aromatic rings. The maximum atomic E-state index is 12.7. The number of rotatable bonds is 4. The molecule has 1 aliphatic carbocycles. The van der Waals surface area contributed by atoms with Gasteiger partial charge in [0, 0.05) is 6.04 Å². The zero-order chi connectivity index (χ0) is 14.6. The van der Waals surface area contributed by atoms with Crippen LogP contribution in [0.5, 0.6) is 0 Å². The quantitative estimate of drug-likeness (QED) is 0.831. The lowest BCUT2D eigenvalue weighted by atomic mass is 9.85. The van der Waals surface area contributed by atoms with Crippen LogP contribution < -0.4 is 11.1 Å². The van der Waals surface area contributed by atoms with Crippen molar-refractivity contribution in [1.29, 1.82) is 0 Å². The van der Waals surface area contributed by atoms with Crippen molar-refractivity contribution < 1.29 is 18.0 Å². The van der Waals surface area contributed by atoms with Crippen LogP contribution in [0.25, 0.3) is 0 Å². The number of carbonyl (C=O) groups excluding carboxylic acids is 1. The number of hydrogen-bond acceptors (Lipinski definition) is 2. The van der Waals surface area contributed by atoms with E-state index < -0.39 is 24.2 Å². The molecule has 0 bridgehead atoms. The van der Waals surface area contributed by atoms with E-state index in [4.69, 9.17) is 5.73 Å². The largest absolute Gasteiger partial charge is 0.391 e. The normalized spacial score (nSPS) is 27.7. The van der Waals surface area contributed by atoms with E-state index in [1.165, 1.54) is 0 Å². The third-order valence-corrected chi connectivity index (χ3v) is 4.04. The van der Waals surface area contributed by atoms with E-state index in [-0.39, 0.29) is 24.7 Å². The topological polar surface area (TPSA) is 55.1 Å². The molecule has 0 heterocycles. The van der Waals surface area contributed by atoms with Gasteiger partial charge in [0.2, 0.25) is 5.91 Å². The molecule has 6 heteroatoms. The van der Waals surface area contributed by atoms with Crippen molar-refractivity contribution >= 4 is 5.91 Å². The summed E-state index contributed by atoms with van der Waals surface area (Å²) >= 11 is 0. The van der Waals surface area contributed by atoms with Gasteiger partial charge in [-0.15, -0.1) is 0 Å². The fraction of sp³-hybridized carbons (Fsp3) is 0.923. The molecule has 1 rings (SSSR count). The average Bonchev–Trinajstić information content (AvgIpc) is 2.36. The Morgan fingerprint density at radius 3 is 2.58 bits per heavy atom. The Kier molecular flexibility index (Phi) is 5.64. The predicted octanol–water partition coefficient (Wildman–Crippen LogP) is 2.60. The second kappa shape index (κ2) is 6.59. The van der Waals surface area contributed by atoms with Crippen molar-refractivity contribution in [3.63, 3.8) is 0 Å². The lowest BCUT2D eigenvalue weighted by molar-refractivity contribution is -0.184. The number of hydrogen-bond donors (Lipinski definition) is 2. The number of nitrogens with two attached hydrogens (primary N) is 1. The molecule has 0 saturated heterocycles. The molecule has 0 aromatic carbocycles. The highest BCUT2D eigenvalue weighted by atomic mass is 19.4. The van der Waals surface area contributed by atoms with E-state index in [1.807, 2.05) is 13.8 Å². The van der Waals surface area contributed by atoms with Crippen LogP contribution in [0.3, 0.4) is 0 Å². The van der Waals surface area contributed by atoms with Gasteiger partial charge in [-0.3, -0.25) is 4.79 Å². The van der Waals surface area contributed by atoms with E-state index in [0.29, 0.717) is 12.8 Å². The summed E-state index contributed by atoms with van der Waals surface area (Å²) in [6, 6.07) is -1.04. The first-order chi connectivity index (χ1) is 8.75. The molecular formula is C13H23F3N2O. The van der Waals surface area contributed by atoms with Crippen molar-refractivity contribution in [2.45, 2.75) is 64.2 Å². The van der Waals surface area contributed by atoms with Gasteiger partial charge in [0.25, 0.3) is 0 Å². The van der Waals surface area contributed by atoms with E-state index in [2.05, 4.69) is 5.32 Å². The summed E-state index contributed by atoms with van der Waals surface area (Å²) in [4.78, 5) is 11.9. The molecule has 19 heavy (non-hydrogen) atoms. The third-order valence-electron chi connectivity index (χ3n) is 4.04. The Labute approximate surface area is 112 Å². The fourth-order valence-corrected chi connectivity index (χ4v) is 2.43. The number of halogens is 3. The van der Waals surface area contributed by atoms with Gasteiger partial charge in [0.05, 0.1) is 12.0 Å². The first-order valence-corrected chi connectivity index (χ1v) is 6.88. The zero-order valence-electron chi connectivity index (χ0n) is 11.5. The van der Waals surface area contributed by atoms with Crippen LogP contribution in [-0.4, -0.2) is 24.2 Å². The minimum atomic E-state index is -4.16. The van der Waals surface area contributed by atoms with E-state index in [0.717, 1.165) is 6.42 Å². The first kappa shape index (κ1) is 16.3. The molecule has 112 valence electrons. The smallest absolute Gasteiger partial charge is 0.352 e. The fourth-order valence-electron chi connectivity index (χ4n) is 2.43. The van der Waals surface area contributed by atoms with Gasteiger partial charge in [0.15, 0.2) is 0 Å². The predicted molar refractivity (Wildman–Crippen MR) is 67.4 cm³/mol. The average molecular weight is 280 g/mol. The second-order valence-corrected chi connectivity index (χ2v) is 5.52. The van der Waals surface area contributed by atoms with Crippen molar-refractivity contribution in [3.05, 3.63) is 0 Å². The Morgan fingerprint density at radius 2 is 2.05 bits per heavy atom. The first-order valence-electron chi connectivity index (χ1n) is 6.88. The highest BCUT2D eigenvalue weighted by Gasteiger charge is 2.42. The Balaban J connectivity index is 2.51. The molecular weight excluding hydrogens is 257 g/mol. The summed E-state index contributed by atoms with van der Waals surface area (Å²) in [6.45, 7) is 3.79. The summed E-state index contributed by atoms with van der Waals surface area (Å²) in [7, 11) is 0. The lowest BCUT2D eigenvalue weighted by Crippen LogP contribution is -2.50. The van der Waals surface area contributed by atoms with Crippen LogP contribution in [0.4, 0.5) is 13.2 Å². The molecule has 1 aliphatic rings. The zero-order valence-corrected chi connectivity index (χ0v) is 11.5. The maximum absolute atomic E-state index is 12.7. The molecule has 1 saturated carbocycles. The van der Waals surface area contributed by atoms with E-state index >= 15 is 0 Å². The summed E-state index contributed by atoms with van der Waals surface area (Å²) in [5.41, 5.74) is 5.77. The van der Waals surface area contributed by atoms with E-state index in [9.17, 15) is 18.0 Å². The van der Waals surface area contributed by atoms with Gasteiger partial charge in [-0.1, -0.05) is 26.7 Å². The van der Waals surface area contributed by atoms with Crippen molar-refractivity contribution in [2.75, 3.05) is 0 Å². The minimum absolute atomic E-state index is 0.0253. The van der Waals surface area contributed by atoms with E-state index in [1.54, 1.807) is 0 Å². The summed E-state index contributed by atoms with van der Waals surface area (Å²) < 4.78 is 38.0. The highest BCUT2D eigenvalue weighted by molar-refractivity contribution is 5.82. The van der Waals surface area contributed by atoms with Crippen molar-refractivity contribution in [1.82, 2.24) is 5.32 Å². The molecule has 0 aromatic heterocycles. The monoisotopic (exact) mass is 280 g/mol. The molecule has 0 spiro atoms. The van der Waals surface area contributed by atoms with Crippen molar-refractivity contribution in [3.8, 4) is 0 Å². The Morgan fingerprint density at radius 1 is 1.42 bits per heavy atom. The van der Waals surface area contributed by atoms with Gasteiger partial charge in [-0.25, -0.2) is 0 Å². The standard InChI is InChI=1S/C13H23F3N2O/c1-3-8(2)11(17)12(19)18-10-6-4-5-9(7-10)13(14,15)16/h8-11H,3-7,17H2,1-2H3,(H,18,19)/t8-,9?,10?,11-/m0/s1. The molecule has 2 unspecified atom stereocenters. The molecule has 3 N–H and O–H groups in total. The molecule has 1 amide bonds. The van der Waals surface area contributed by atoms with Crippen LogP contribution in [0.1, 0.15) is 46.0 Å². The van der Waals surface area contributed by atoms with Gasteiger partial charge < -0.3 is 11.1 Å². The Hall–Kier alpha value is -0.780. The van der Waals surface area contributed by atoms with Crippen LogP contribution in [0, 0.1) is 11.8 Å². The summed E-state index contributed by atoms with van der Waals surface area (Å²) in [6.07, 6.45) is -2.17. The lowest BCUT2D eigenvalue weighted by Gasteiger charge is -2.32. The van der Waals surface area contributed by atoms with Crippen LogP contribution in [0.2, 0.25) is 0 Å². The third kappa shape index (κ3) is 4.67. The van der Waals surface area contributed by atoms with Gasteiger partial charge in [-0.05, 0) is 25.2 Å². The molecule has 4 atom stereocenters. The Bertz CT molecular complexity index is 307. The van der Waals surface area contributed by atoms with Crippen LogP contribution >= 0.6 is 0 Å². The van der Waals surface area contributed by atoms with Gasteiger partial charge >= 0.3 is 6.18 Å². The molecule has 1 fully saturated rings. The summed E-state index contributed by atoms with van der Waals surface area (Å²) in [5.74, 6) is -1.60. The highest BCUT2D eigenvalue weighted by Crippen LogP contribution is 2.37. The maximum Gasteiger partial charge on any atom is 0.391 e. The second-order valence-electron chi connectivity index (χ2n) is 5.52. The SMILES string of the molecule is CC[C@H](C)[C@H](N)C(=O)NC1CCCC(C(F)(F)F)C1. The van der Waals surface area contributed by atoms with Crippen LogP contribution in [-0.2, 0) is 4.79 Å². The van der Waals surface area contributed by atoms with Crippen molar-refractivity contribution in [2.24, 2.45) is 17.6 Å². The van der Waals surface area contributed by atoms with Gasteiger partial charge in [0.1, 0.15) is 0 Å². The molecule has 0 radical (unpaired) electrons. The molecule has 0 aliphatic heterocycles. The summed E-state index contributed by atoms with van der Waals surface area (Å²) in [5, 5.41) is 2.67. The number of amides is 1. The number of alkyl halides is 3. The van der Waals surface area contributed by atoms with Crippen LogP contribution in [0.15, 0.2) is 0 Å². The molecule has 3 nitrogen and oxygen atoms in total.